The molecule has 0 amide bonds. The van der Waals surface area contributed by atoms with Gasteiger partial charge in [0.2, 0.25) is 0 Å². The molecule has 0 bridgehead atoms. The summed E-state index contributed by atoms with van der Waals surface area (Å²) in [5.41, 5.74) is -0.943. The Morgan fingerprint density at radius 2 is 2.25 bits per heavy atom. The summed E-state index contributed by atoms with van der Waals surface area (Å²) in [4.78, 5) is 0. The van der Waals surface area contributed by atoms with E-state index in [9.17, 15) is 5.11 Å². The predicted octanol–water partition coefficient (Wildman–Crippen LogP) is 1.90. The molecule has 12 heavy (non-hydrogen) atoms. The molecule has 0 spiro atoms. The number of hydrogen-bond acceptors (Lipinski definition) is 2. The minimum atomic E-state index is -0.943. The zero-order chi connectivity index (χ0) is 9.61. The summed E-state index contributed by atoms with van der Waals surface area (Å²) in [7, 11) is 1.58. The van der Waals surface area contributed by atoms with Crippen molar-refractivity contribution in [3.8, 4) is 0 Å². The van der Waals surface area contributed by atoms with Gasteiger partial charge in [-0.05, 0) is 13.3 Å². The van der Waals surface area contributed by atoms with Crippen molar-refractivity contribution >= 4 is 0 Å². The molecule has 0 fully saturated rings. The summed E-state index contributed by atoms with van der Waals surface area (Å²) in [6.45, 7) is 7.38. The van der Waals surface area contributed by atoms with Crippen LogP contribution in [0.15, 0.2) is 24.8 Å². The number of allylic oxidation sites excluding steroid dienone is 1. The fourth-order valence-corrected chi connectivity index (χ4v) is 1.09. The van der Waals surface area contributed by atoms with E-state index in [0.29, 0.717) is 6.42 Å². The number of methoxy groups -OCH3 is 1. The molecule has 0 aromatic rings. The molecule has 0 radical (unpaired) electrons. The van der Waals surface area contributed by atoms with Gasteiger partial charge in [0.15, 0.2) is 0 Å². The zero-order valence-corrected chi connectivity index (χ0v) is 8.08. The van der Waals surface area contributed by atoms with E-state index in [2.05, 4.69) is 6.58 Å². The van der Waals surface area contributed by atoms with Crippen LogP contribution in [0.2, 0.25) is 0 Å². The first-order chi connectivity index (χ1) is 5.64. The van der Waals surface area contributed by atoms with Gasteiger partial charge in [-0.3, -0.25) is 0 Å². The third-order valence-corrected chi connectivity index (χ3v) is 2.03. The predicted molar refractivity (Wildman–Crippen MR) is 51.0 cm³/mol. The van der Waals surface area contributed by atoms with Gasteiger partial charge in [0.05, 0.1) is 0 Å². The van der Waals surface area contributed by atoms with E-state index in [1.165, 1.54) is 6.08 Å². The minimum Gasteiger partial charge on any atom is -0.383 e. The molecule has 70 valence electrons. The maximum absolute atomic E-state index is 9.93. The quantitative estimate of drug-likeness (QED) is 0.639. The van der Waals surface area contributed by atoms with Gasteiger partial charge >= 0.3 is 0 Å². The van der Waals surface area contributed by atoms with Crippen molar-refractivity contribution < 1.29 is 9.84 Å². The first-order valence-electron chi connectivity index (χ1n) is 4.16. The number of ether oxygens (including phenoxy) is 1. The van der Waals surface area contributed by atoms with Crippen LogP contribution in [0.3, 0.4) is 0 Å². The molecule has 0 aromatic carbocycles. The van der Waals surface area contributed by atoms with Crippen molar-refractivity contribution in [2.45, 2.75) is 32.0 Å². The first kappa shape index (κ1) is 11.4. The number of rotatable bonds is 5. The standard InChI is InChI=1S/C10H18O2/c1-5-8-9(12-4)10(11,6-2)7-3/h5-6,8-9,11H,2,7H2,1,3-4H3/b8-5+. The highest BCUT2D eigenvalue weighted by Crippen LogP contribution is 2.20. The average molecular weight is 170 g/mol. The van der Waals surface area contributed by atoms with Crippen LogP contribution >= 0.6 is 0 Å². The van der Waals surface area contributed by atoms with Gasteiger partial charge in [-0.2, -0.15) is 0 Å². The lowest BCUT2D eigenvalue weighted by Crippen LogP contribution is -2.39. The Labute approximate surface area is 74.6 Å². The zero-order valence-electron chi connectivity index (χ0n) is 8.08. The lowest BCUT2D eigenvalue weighted by atomic mass is 9.93. The first-order valence-corrected chi connectivity index (χ1v) is 4.16. The van der Waals surface area contributed by atoms with E-state index >= 15 is 0 Å². The van der Waals surface area contributed by atoms with E-state index in [1.807, 2.05) is 26.0 Å². The molecular formula is C10H18O2. The van der Waals surface area contributed by atoms with Gasteiger partial charge in [0.1, 0.15) is 11.7 Å². The fourth-order valence-electron chi connectivity index (χ4n) is 1.09. The summed E-state index contributed by atoms with van der Waals surface area (Å²) in [6, 6.07) is 0. The molecule has 0 saturated carbocycles. The molecule has 0 heterocycles. The highest BCUT2D eigenvalue weighted by Gasteiger charge is 2.29. The smallest absolute Gasteiger partial charge is 0.112 e. The van der Waals surface area contributed by atoms with Crippen LogP contribution in [0.4, 0.5) is 0 Å². The Hall–Kier alpha value is -0.600. The van der Waals surface area contributed by atoms with Crippen molar-refractivity contribution in [1.29, 1.82) is 0 Å². The molecule has 0 rings (SSSR count). The van der Waals surface area contributed by atoms with Crippen LogP contribution < -0.4 is 0 Å². The van der Waals surface area contributed by atoms with Crippen molar-refractivity contribution in [2.24, 2.45) is 0 Å². The van der Waals surface area contributed by atoms with Crippen LogP contribution in [-0.2, 0) is 4.74 Å². The fraction of sp³-hybridized carbons (Fsp3) is 0.600. The molecule has 0 aliphatic rings. The minimum absolute atomic E-state index is 0.301. The second kappa shape index (κ2) is 5.12. The third kappa shape index (κ3) is 2.47. The number of hydrogen-bond donors (Lipinski definition) is 1. The average Bonchev–Trinajstić information content (AvgIpc) is 2.13. The molecule has 2 atom stereocenters. The van der Waals surface area contributed by atoms with E-state index in [4.69, 9.17) is 4.74 Å². The van der Waals surface area contributed by atoms with Crippen molar-refractivity contribution in [2.75, 3.05) is 7.11 Å². The summed E-state index contributed by atoms with van der Waals surface area (Å²) in [6.07, 6.45) is 5.51. The molecule has 2 heteroatoms. The lowest BCUT2D eigenvalue weighted by molar-refractivity contribution is -0.0386. The van der Waals surface area contributed by atoms with E-state index in [-0.39, 0.29) is 6.10 Å². The third-order valence-electron chi connectivity index (χ3n) is 2.03. The Bertz CT molecular complexity index is 163. The maximum atomic E-state index is 9.93. The largest absolute Gasteiger partial charge is 0.383 e. The van der Waals surface area contributed by atoms with Crippen LogP contribution in [0.5, 0.6) is 0 Å². The molecule has 0 aliphatic carbocycles. The summed E-state index contributed by atoms with van der Waals surface area (Å²) < 4.78 is 5.13. The van der Waals surface area contributed by atoms with Crippen LogP contribution in [0.1, 0.15) is 20.3 Å². The number of aliphatic hydroxyl groups is 1. The van der Waals surface area contributed by atoms with Crippen molar-refractivity contribution in [3.63, 3.8) is 0 Å². The Kier molecular flexibility index (Phi) is 4.86. The van der Waals surface area contributed by atoms with E-state index in [0.717, 1.165) is 0 Å². The van der Waals surface area contributed by atoms with Crippen LogP contribution in [-0.4, -0.2) is 23.9 Å². The second-order valence-electron chi connectivity index (χ2n) is 2.73. The summed E-state index contributed by atoms with van der Waals surface area (Å²) >= 11 is 0. The van der Waals surface area contributed by atoms with Gasteiger partial charge in [0, 0.05) is 7.11 Å². The van der Waals surface area contributed by atoms with Gasteiger partial charge < -0.3 is 9.84 Å². The lowest BCUT2D eigenvalue weighted by Gasteiger charge is -2.29. The Morgan fingerprint density at radius 3 is 2.50 bits per heavy atom. The highest BCUT2D eigenvalue weighted by molar-refractivity contribution is 5.08. The molecule has 0 saturated heterocycles. The molecule has 1 N–H and O–H groups in total. The van der Waals surface area contributed by atoms with Crippen molar-refractivity contribution in [3.05, 3.63) is 24.8 Å². The second-order valence-corrected chi connectivity index (χ2v) is 2.73. The molecular weight excluding hydrogens is 152 g/mol. The van der Waals surface area contributed by atoms with Gasteiger partial charge in [-0.1, -0.05) is 25.2 Å². The monoisotopic (exact) mass is 170 g/mol. The Morgan fingerprint density at radius 1 is 1.67 bits per heavy atom. The molecule has 0 aromatic heterocycles. The van der Waals surface area contributed by atoms with Gasteiger partial charge in [-0.25, -0.2) is 0 Å². The summed E-state index contributed by atoms with van der Waals surface area (Å²) in [5.74, 6) is 0. The molecule has 2 unspecified atom stereocenters. The van der Waals surface area contributed by atoms with E-state index < -0.39 is 5.60 Å². The highest BCUT2D eigenvalue weighted by atomic mass is 16.5. The Balaban J connectivity index is 4.53. The van der Waals surface area contributed by atoms with Crippen LogP contribution in [0, 0.1) is 0 Å². The van der Waals surface area contributed by atoms with Gasteiger partial charge in [-0.15, -0.1) is 6.58 Å². The normalized spacial score (nSPS) is 19.0. The summed E-state index contributed by atoms with van der Waals surface area (Å²) in [5, 5.41) is 9.93. The topological polar surface area (TPSA) is 29.5 Å². The maximum Gasteiger partial charge on any atom is 0.112 e. The van der Waals surface area contributed by atoms with Gasteiger partial charge in [0.25, 0.3) is 0 Å². The van der Waals surface area contributed by atoms with E-state index in [1.54, 1.807) is 7.11 Å². The molecule has 2 nitrogen and oxygen atoms in total. The molecule has 0 aliphatic heterocycles. The SMILES string of the molecule is C=CC(O)(CC)C(/C=C/C)OC. The van der Waals surface area contributed by atoms with Crippen LogP contribution in [0.25, 0.3) is 0 Å². The van der Waals surface area contributed by atoms with Crippen molar-refractivity contribution in [1.82, 2.24) is 0 Å².